The third-order valence-electron chi connectivity index (χ3n) is 7.15. The number of fused-ring (bicyclic) bond motifs is 3. The summed E-state index contributed by atoms with van der Waals surface area (Å²) in [5.74, 6) is -0.289. The van der Waals surface area contributed by atoms with E-state index in [0.29, 0.717) is 43.7 Å². The molecular formula is C24H27ClFN3O5. The van der Waals surface area contributed by atoms with Gasteiger partial charge in [0.05, 0.1) is 35.9 Å². The van der Waals surface area contributed by atoms with Gasteiger partial charge in [-0.25, -0.2) is 4.39 Å². The highest BCUT2D eigenvalue weighted by molar-refractivity contribution is 6.30. The summed E-state index contributed by atoms with van der Waals surface area (Å²) < 4.78 is 24.0. The van der Waals surface area contributed by atoms with Crippen LogP contribution < -0.4 is 14.8 Å². The standard InChI is InChI=1S/C24H27ClFN3O5/c1-33-21-5-2-15(28-29-21)13-27-22(32)24-8-6-23(7-9-24,20(31)12-24)11-16(30)14-34-17-3-4-18(25)19(26)10-17/h2-5,10,20,31H,6-9,11-14H2,1H3,(H,27,32). The monoisotopic (exact) mass is 491 g/mol. The second kappa shape index (κ2) is 9.84. The predicted octanol–water partition coefficient (Wildman–Crippen LogP) is 3.24. The number of methoxy groups -OCH3 is 1. The number of carbonyl (C=O) groups excluding carboxylic acids is 2. The number of amides is 1. The number of hydrogen-bond acceptors (Lipinski definition) is 7. The lowest BCUT2D eigenvalue weighted by Crippen LogP contribution is -2.57. The summed E-state index contributed by atoms with van der Waals surface area (Å²) in [4.78, 5) is 25.7. The van der Waals surface area contributed by atoms with Crippen LogP contribution in [0.4, 0.5) is 4.39 Å². The minimum Gasteiger partial charge on any atom is -0.486 e. The number of nitrogens with zero attached hydrogens (tertiary/aromatic N) is 2. The van der Waals surface area contributed by atoms with E-state index < -0.39 is 22.8 Å². The fourth-order valence-electron chi connectivity index (χ4n) is 5.05. The van der Waals surface area contributed by atoms with Crippen LogP contribution in [0.25, 0.3) is 0 Å². The summed E-state index contributed by atoms with van der Waals surface area (Å²) in [6.07, 6.45) is 2.05. The number of Topliss-reactive ketones (excluding diaryl/α,β-unsaturated/α-hetero) is 1. The third kappa shape index (κ3) is 5.00. The van der Waals surface area contributed by atoms with Crippen LogP contribution in [0.5, 0.6) is 11.6 Å². The van der Waals surface area contributed by atoms with Crippen molar-refractivity contribution >= 4 is 23.3 Å². The summed E-state index contributed by atoms with van der Waals surface area (Å²) in [7, 11) is 1.50. The van der Waals surface area contributed by atoms with E-state index in [2.05, 4.69) is 15.5 Å². The highest BCUT2D eigenvalue weighted by Crippen LogP contribution is 2.58. The maximum absolute atomic E-state index is 13.6. The SMILES string of the molecule is COc1ccc(CNC(=O)C23CCC(CC(=O)COc4ccc(Cl)c(F)c4)(CC2)C(O)C3)nn1. The Labute approximate surface area is 201 Å². The topological polar surface area (TPSA) is 111 Å². The summed E-state index contributed by atoms with van der Waals surface area (Å²) in [5.41, 5.74) is -0.602. The zero-order chi connectivity index (χ0) is 24.3. The quantitative estimate of drug-likeness (QED) is 0.554. The van der Waals surface area contributed by atoms with Crippen LogP contribution in [0.2, 0.25) is 5.02 Å². The van der Waals surface area contributed by atoms with Gasteiger partial charge in [-0.05, 0) is 50.3 Å². The second-order valence-corrected chi connectivity index (χ2v) is 9.60. The van der Waals surface area contributed by atoms with Crippen molar-refractivity contribution in [1.29, 1.82) is 0 Å². The number of hydrogen-bond donors (Lipinski definition) is 2. The van der Waals surface area contributed by atoms with Gasteiger partial charge in [-0.15, -0.1) is 5.10 Å². The number of ketones is 1. The van der Waals surface area contributed by atoms with Crippen LogP contribution >= 0.6 is 11.6 Å². The Hall–Kier alpha value is -2.78. The van der Waals surface area contributed by atoms with Crippen molar-refractivity contribution in [2.75, 3.05) is 13.7 Å². The molecule has 34 heavy (non-hydrogen) atoms. The lowest BCUT2D eigenvalue weighted by atomic mass is 9.51. The van der Waals surface area contributed by atoms with E-state index in [1.54, 1.807) is 12.1 Å². The van der Waals surface area contributed by atoms with Gasteiger partial charge in [-0.1, -0.05) is 11.6 Å². The molecule has 0 spiro atoms. The normalized spacial score (nSPS) is 25.6. The maximum Gasteiger partial charge on any atom is 0.233 e. The Balaban J connectivity index is 1.30. The molecule has 3 saturated carbocycles. The Bertz CT molecular complexity index is 1060. The second-order valence-electron chi connectivity index (χ2n) is 9.19. The smallest absolute Gasteiger partial charge is 0.233 e. The number of aliphatic hydroxyl groups excluding tert-OH is 1. The number of halogens is 2. The minimum atomic E-state index is -0.765. The zero-order valence-electron chi connectivity index (χ0n) is 18.9. The van der Waals surface area contributed by atoms with Gasteiger partial charge in [0.2, 0.25) is 11.8 Å². The number of ether oxygens (including phenoxy) is 2. The first-order valence-electron chi connectivity index (χ1n) is 11.2. The largest absolute Gasteiger partial charge is 0.486 e. The van der Waals surface area contributed by atoms with Crippen LogP contribution in [0.1, 0.15) is 44.2 Å². The molecule has 8 nitrogen and oxygen atoms in total. The van der Waals surface area contributed by atoms with E-state index in [4.69, 9.17) is 21.1 Å². The molecule has 0 aliphatic heterocycles. The van der Waals surface area contributed by atoms with Gasteiger partial charge in [0.15, 0.2) is 5.78 Å². The summed E-state index contributed by atoms with van der Waals surface area (Å²) >= 11 is 5.66. The van der Waals surface area contributed by atoms with Crippen LogP contribution in [0.15, 0.2) is 30.3 Å². The van der Waals surface area contributed by atoms with Gasteiger partial charge in [-0.2, -0.15) is 5.10 Å². The molecule has 0 radical (unpaired) electrons. The molecule has 10 heteroatoms. The summed E-state index contributed by atoms with van der Waals surface area (Å²) in [6, 6.07) is 7.41. The average molecular weight is 492 g/mol. The molecule has 1 atom stereocenters. The maximum atomic E-state index is 13.6. The lowest BCUT2D eigenvalue weighted by molar-refractivity contribution is -0.160. The third-order valence-corrected chi connectivity index (χ3v) is 7.46. The minimum absolute atomic E-state index is 0.0189. The van der Waals surface area contributed by atoms with Crippen LogP contribution in [0, 0.1) is 16.6 Å². The number of nitrogens with one attached hydrogen (secondary N) is 1. The first kappa shape index (κ1) is 24.3. The van der Waals surface area contributed by atoms with Gasteiger partial charge < -0.3 is 19.9 Å². The van der Waals surface area contributed by atoms with Crippen LogP contribution in [-0.2, 0) is 16.1 Å². The van der Waals surface area contributed by atoms with E-state index in [1.807, 2.05) is 0 Å². The Morgan fingerprint density at radius 1 is 1.21 bits per heavy atom. The number of rotatable bonds is 9. The fourth-order valence-corrected chi connectivity index (χ4v) is 5.17. The molecule has 182 valence electrons. The first-order chi connectivity index (χ1) is 16.2. The van der Waals surface area contributed by atoms with Crippen molar-refractivity contribution in [3.8, 4) is 11.6 Å². The number of aromatic nitrogens is 2. The lowest BCUT2D eigenvalue weighted by Gasteiger charge is -2.55. The zero-order valence-corrected chi connectivity index (χ0v) is 19.6. The van der Waals surface area contributed by atoms with Gasteiger partial charge >= 0.3 is 0 Å². The molecule has 0 saturated heterocycles. The molecule has 2 aromatic rings. The predicted molar refractivity (Wildman–Crippen MR) is 121 cm³/mol. The fraction of sp³-hybridized carbons (Fsp3) is 0.500. The average Bonchev–Trinajstić information content (AvgIpc) is 2.84. The molecule has 1 aromatic heterocycles. The van der Waals surface area contributed by atoms with Crippen molar-refractivity contribution in [3.05, 3.63) is 46.9 Å². The Morgan fingerprint density at radius 3 is 2.59 bits per heavy atom. The van der Waals surface area contributed by atoms with E-state index >= 15 is 0 Å². The van der Waals surface area contributed by atoms with Gasteiger partial charge in [0.1, 0.15) is 18.2 Å². The van der Waals surface area contributed by atoms with Crippen LogP contribution in [-0.4, -0.2) is 46.8 Å². The molecule has 1 amide bonds. The highest BCUT2D eigenvalue weighted by Gasteiger charge is 2.57. The molecule has 1 unspecified atom stereocenters. The van der Waals surface area contributed by atoms with E-state index in [-0.39, 0.29) is 42.0 Å². The Morgan fingerprint density at radius 2 is 1.97 bits per heavy atom. The van der Waals surface area contributed by atoms with Crippen molar-refractivity contribution in [2.24, 2.45) is 10.8 Å². The number of carbonyl (C=O) groups is 2. The molecular weight excluding hydrogens is 465 g/mol. The van der Waals surface area contributed by atoms with Crippen molar-refractivity contribution < 1.29 is 28.6 Å². The van der Waals surface area contributed by atoms with Crippen molar-refractivity contribution in [1.82, 2.24) is 15.5 Å². The van der Waals surface area contributed by atoms with E-state index in [0.717, 1.165) is 6.07 Å². The Kier molecular flexibility index (Phi) is 7.04. The molecule has 3 fully saturated rings. The summed E-state index contributed by atoms with van der Waals surface area (Å²) in [6.45, 7) is 0.0179. The highest BCUT2D eigenvalue weighted by atomic mass is 35.5. The van der Waals surface area contributed by atoms with Gasteiger partial charge in [-0.3, -0.25) is 9.59 Å². The molecule has 2 bridgehead atoms. The van der Waals surface area contributed by atoms with Crippen molar-refractivity contribution in [2.45, 2.75) is 51.2 Å². The molecule has 3 aliphatic rings. The first-order valence-corrected chi connectivity index (χ1v) is 11.6. The van der Waals surface area contributed by atoms with Gasteiger partial charge in [0, 0.05) is 24.0 Å². The van der Waals surface area contributed by atoms with E-state index in [1.165, 1.54) is 19.2 Å². The number of benzene rings is 1. The molecule has 5 rings (SSSR count). The van der Waals surface area contributed by atoms with Crippen molar-refractivity contribution in [3.63, 3.8) is 0 Å². The molecule has 2 N–H and O–H groups in total. The summed E-state index contributed by atoms with van der Waals surface area (Å²) in [5, 5.41) is 21.7. The van der Waals surface area contributed by atoms with E-state index in [9.17, 15) is 19.1 Å². The van der Waals surface area contributed by atoms with Gasteiger partial charge in [0.25, 0.3) is 0 Å². The van der Waals surface area contributed by atoms with Crippen LogP contribution in [0.3, 0.4) is 0 Å². The molecule has 3 aliphatic carbocycles. The number of aliphatic hydroxyl groups is 1. The molecule has 1 heterocycles. The molecule has 1 aromatic carbocycles.